The molecule has 0 aliphatic heterocycles. The Balaban J connectivity index is 2.39. The maximum atomic E-state index is 12.5. The summed E-state index contributed by atoms with van der Waals surface area (Å²) in [5.41, 5.74) is 1.41. The fraction of sp³-hybridized carbons (Fsp3) is 0.700. The molecule has 25 heavy (non-hydrogen) atoms. The lowest BCUT2D eigenvalue weighted by Crippen LogP contribution is -2.39. The molecule has 2 rings (SSSR count). The zero-order chi connectivity index (χ0) is 18.6. The van der Waals surface area contributed by atoms with Gasteiger partial charge in [-0.3, -0.25) is 9.59 Å². The Morgan fingerprint density at radius 3 is 2.32 bits per heavy atom. The van der Waals surface area contributed by atoms with Crippen LogP contribution in [-0.2, 0) is 23.8 Å². The minimum Gasteiger partial charge on any atom is -0.468 e. The second-order valence-electron chi connectivity index (χ2n) is 7.50. The van der Waals surface area contributed by atoms with Crippen molar-refractivity contribution in [2.75, 3.05) is 27.9 Å². The van der Waals surface area contributed by atoms with Crippen LogP contribution in [-0.4, -0.2) is 39.9 Å². The van der Waals surface area contributed by atoms with Crippen molar-refractivity contribution in [2.24, 2.45) is 23.2 Å². The van der Waals surface area contributed by atoms with Crippen molar-refractivity contribution in [3.63, 3.8) is 0 Å². The molecular weight excluding hydrogens is 320 g/mol. The molecule has 0 saturated heterocycles. The van der Waals surface area contributed by atoms with E-state index in [-0.39, 0.29) is 11.8 Å². The fourth-order valence-corrected chi connectivity index (χ4v) is 4.19. The van der Waals surface area contributed by atoms with Crippen LogP contribution in [0.4, 0.5) is 0 Å². The number of ether oxygens (including phenoxy) is 3. The van der Waals surface area contributed by atoms with Crippen molar-refractivity contribution in [1.82, 2.24) is 0 Å². The predicted molar refractivity (Wildman–Crippen MR) is 94.8 cm³/mol. The zero-order valence-corrected chi connectivity index (χ0v) is 16.0. The molecule has 2 atom stereocenters. The molecule has 0 heterocycles. The number of carbonyl (C=O) groups is 2. The van der Waals surface area contributed by atoms with E-state index in [4.69, 9.17) is 14.2 Å². The molecule has 0 radical (unpaired) electrons. The molecule has 5 heteroatoms. The SMILES string of the molecule is COC/C1=C/C[C@H]2CC(C(=O)OC)(C(=O)OC)C[C@H]2/C=C(/C(C)C)C1. The lowest BCUT2D eigenvalue weighted by Gasteiger charge is -2.23. The summed E-state index contributed by atoms with van der Waals surface area (Å²) in [7, 11) is 4.37. The molecule has 0 spiro atoms. The smallest absolute Gasteiger partial charge is 0.323 e. The Bertz CT molecular complexity index is 557. The van der Waals surface area contributed by atoms with Crippen molar-refractivity contribution in [3.8, 4) is 0 Å². The molecule has 140 valence electrons. The molecule has 1 fully saturated rings. The number of fused-ring (bicyclic) bond motifs is 1. The summed E-state index contributed by atoms with van der Waals surface area (Å²) in [4.78, 5) is 24.9. The summed E-state index contributed by atoms with van der Waals surface area (Å²) in [6, 6.07) is 0. The first-order valence-electron chi connectivity index (χ1n) is 8.92. The quantitative estimate of drug-likeness (QED) is 0.432. The molecule has 2 aliphatic carbocycles. The number of hydrogen-bond donors (Lipinski definition) is 0. The van der Waals surface area contributed by atoms with Gasteiger partial charge in [-0.2, -0.15) is 0 Å². The highest BCUT2D eigenvalue weighted by Crippen LogP contribution is 2.51. The molecule has 0 amide bonds. The largest absolute Gasteiger partial charge is 0.468 e. The van der Waals surface area contributed by atoms with E-state index in [2.05, 4.69) is 26.0 Å². The molecule has 5 nitrogen and oxygen atoms in total. The highest BCUT2D eigenvalue weighted by atomic mass is 16.5. The van der Waals surface area contributed by atoms with Crippen molar-refractivity contribution >= 4 is 11.9 Å². The Labute approximate surface area is 150 Å². The van der Waals surface area contributed by atoms with Gasteiger partial charge in [-0.05, 0) is 49.0 Å². The molecule has 2 aliphatic rings. The maximum absolute atomic E-state index is 12.5. The summed E-state index contributed by atoms with van der Waals surface area (Å²) >= 11 is 0. The molecule has 0 aromatic heterocycles. The van der Waals surface area contributed by atoms with E-state index >= 15 is 0 Å². The zero-order valence-electron chi connectivity index (χ0n) is 16.0. The van der Waals surface area contributed by atoms with E-state index in [0.717, 1.165) is 12.8 Å². The molecule has 0 N–H and O–H groups in total. The summed E-state index contributed by atoms with van der Waals surface area (Å²) in [5, 5.41) is 0. The normalized spacial score (nSPS) is 29.5. The first kappa shape index (κ1) is 19.7. The van der Waals surface area contributed by atoms with E-state index in [1.54, 1.807) is 7.11 Å². The summed E-state index contributed by atoms with van der Waals surface area (Å²) < 4.78 is 15.3. The van der Waals surface area contributed by atoms with E-state index in [1.807, 2.05) is 0 Å². The third kappa shape index (κ3) is 3.97. The molecule has 0 aromatic carbocycles. The van der Waals surface area contributed by atoms with Gasteiger partial charge in [0.2, 0.25) is 0 Å². The second kappa shape index (κ2) is 8.17. The second-order valence-corrected chi connectivity index (χ2v) is 7.50. The van der Waals surface area contributed by atoms with Crippen LogP contribution in [0.5, 0.6) is 0 Å². The Morgan fingerprint density at radius 2 is 1.80 bits per heavy atom. The predicted octanol–water partition coefficient (Wildman–Crippen LogP) is 3.29. The van der Waals surface area contributed by atoms with Gasteiger partial charge < -0.3 is 14.2 Å². The lowest BCUT2D eigenvalue weighted by atomic mass is 9.83. The van der Waals surface area contributed by atoms with Crippen LogP contribution in [0.3, 0.4) is 0 Å². The molecule has 0 aromatic rings. The standard InChI is InChI=1S/C20H30O5/c1-13(2)16-8-14(12-23-3)6-7-15-10-20(18(21)24-4,19(22)25-5)11-17(15)9-16/h6,9,13,15,17H,7-8,10-12H2,1-5H3/b14-6+,16-9+/t15-,17+/m0/s1. The van der Waals surface area contributed by atoms with Crippen molar-refractivity contribution in [1.29, 1.82) is 0 Å². The van der Waals surface area contributed by atoms with E-state index in [0.29, 0.717) is 25.4 Å². The first-order chi connectivity index (χ1) is 11.9. The Kier molecular flexibility index (Phi) is 6.44. The first-order valence-corrected chi connectivity index (χ1v) is 8.92. The topological polar surface area (TPSA) is 61.8 Å². The van der Waals surface area contributed by atoms with Gasteiger partial charge in [0.25, 0.3) is 0 Å². The summed E-state index contributed by atoms with van der Waals surface area (Å²) in [6.45, 7) is 4.96. The van der Waals surface area contributed by atoms with Crippen LogP contribution >= 0.6 is 0 Å². The van der Waals surface area contributed by atoms with Gasteiger partial charge in [0.1, 0.15) is 0 Å². The molecule has 1 saturated carbocycles. The number of hydrogen-bond acceptors (Lipinski definition) is 5. The monoisotopic (exact) mass is 350 g/mol. The number of rotatable bonds is 5. The summed E-state index contributed by atoms with van der Waals surface area (Å²) in [5.74, 6) is -0.154. The van der Waals surface area contributed by atoms with Crippen molar-refractivity contribution < 1.29 is 23.8 Å². The number of esters is 2. The van der Waals surface area contributed by atoms with Crippen LogP contribution in [0.15, 0.2) is 23.3 Å². The Hall–Kier alpha value is -1.62. The van der Waals surface area contributed by atoms with Crippen LogP contribution in [0.1, 0.15) is 39.5 Å². The van der Waals surface area contributed by atoms with Gasteiger partial charge in [0, 0.05) is 7.11 Å². The van der Waals surface area contributed by atoms with E-state index in [1.165, 1.54) is 25.4 Å². The summed E-state index contributed by atoms with van der Waals surface area (Å²) in [6.07, 6.45) is 7.16. The van der Waals surface area contributed by atoms with Crippen molar-refractivity contribution in [3.05, 3.63) is 23.3 Å². The fourth-order valence-electron chi connectivity index (χ4n) is 4.19. The molecular formula is C20H30O5. The average molecular weight is 350 g/mol. The number of methoxy groups -OCH3 is 3. The van der Waals surface area contributed by atoms with Gasteiger partial charge >= 0.3 is 11.9 Å². The van der Waals surface area contributed by atoms with Crippen LogP contribution in [0.25, 0.3) is 0 Å². The minimum absolute atomic E-state index is 0.177. The van der Waals surface area contributed by atoms with E-state index < -0.39 is 17.4 Å². The highest BCUT2D eigenvalue weighted by Gasteiger charge is 2.56. The van der Waals surface area contributed by atoms with Gasteiger partial charge in [0.15, 0.2) is 5.41 Å². The average Bonchev–Trinajstić information content (AvgIpc) is 2.94. The van der Waals surface area contributed by atoms with Crippen molar-refractivity contribution in [2.45, 2.75) is 39.5 Å². The molecule has 0 bridgehead atoms. The third-order valence-corrected chi connectivity index (χ3v) is 5.59. The van der Waals surface area contributed by atoms with Crippen LogP contribution in [0.2, 0.25) is 0 Å². The maximum Gasteiger partial charge on any atom is 0.323 e. The van der Waals surface area contributed by atoms with Gasteiger partial charge in [-0.1, -0.05) is 31.6 Å². The Morgan fingerprint density at radius 1 is 1.16 bits per heavy atom. The molecule has 0 unspecified atom stereocenters. The van der Waals surface area contributed by atoms with Gasteiger partial charge in [0.05, 0.1) is 20.8 Å². The third-order valence-electron chi connectivity index (χ3n) is 5.59. The highest BCUT2D eigenvalue weighted by molar-refractivity contribution is 6.00. The minimum atomic E-state index is -1.18. The van der Waals surface area contributed by atoms with Crippen LogP contribution < -0.4 is 0 Å². The lowest BCUT2D eigenvalue weighted by molar-refractivity contribution is -0.169. The number of allylic oxidation sites excluding steroid dienone is 3. The van der Waals surface area contributed by atoms with Gasteiger partial charge in [-0.25, -0.2) is 0 Å². The van der Waals surface area contributed by atoms with Crippen LogP contribution in [0, 0.1) is 23.2 Å². The van der Waals surface area contributed by atoms with Gasteiger partial charge in [-0.15, -0.1) is 0 Å². The number of carbonyl (C=O) groups excluding carboxylic acids is 2. The van der Waals surface area contributed by atoms with E-state index in [9.17, 15) is 9.59 Å².